The maximum atomic E-state index is 12.4. The van der Waals surface area contributed by atoms with Gasteiger partial charge >= 0.3 is 0 Å². The first-order valence-corrected chi connectivity index (χ1v) is 7.60. The van der Waals surface area contributed by atoms with Crippen molar-refractivity contribution in [2.24, 2.45) is 0 Å². The predicted molar refractivity (Wildman–Crippen MR) is 89.5 cm³/mol. The van der Waals surface area contributed by atoms with E-state index in [-0.39, 0.29) is 5.91 Å². The zero-order valence-corrected chi connectivity index (χ0v) is 13.8. The molecule has 2 N–H and O–H groups in total. The van der Waals surface area contributed by atoms with Gasteiger partial charge in [0.2, 0.25) is 0 Å². The van der Waals surface area contributed by atoms with Gasteiger partial charge in [-0.25, -0.2) is 0 Å². The Balaban J connectivity index is 1.98. The first-order valence-electron chi connectivity index (χ1n) is 6.81. The largest absolute Gasteiger partial charge is 0.319 e. The van der Waals surface area contributed by atoms with Gasteiger partial charge in [-0.2, -0.15) is 5.10 Å². The summed E-state index contributed by atoms with van der Waals surface area (Å²) in [6, 6.07) is 9.89. The van der Waals surface area contributed by atoms with E-state index in [0.29, 0.717) is 11.3 Å². The summed E-state index contributed by atoms with van der Waals surface area (Å²) >= 11 is 3.48. The second-order valence-electron chi connectivity index (χ2n) is 5.04. The zero-order chi connectivity index (χ0) is 15.7. The molecule has 6 heteroatoms. The van der Waals surface area contributed by atoms with E-state index >= 15 is 0 Å². The number of rotatable bonds is 3. The Labute approximate surface area is 136 Å². The molecule has 1 amide bonds. The van der Waals surface area contributed by atoms with Crippen LogP contribution < -0.4 is 5.32 Å². The van der Waals surface area contributed by atoms with Crippen molar-refractivity contribution in [3.8, 4) is 5.69 Å². The molecule has 0 aliphatic rings. The Morgan fingerprint density at radius 1 is 1.32 bits per heavy atom. The van der Waals surface area contributed by atoms with E-state index in [1.807, 2.05) is 44.2 Å². The minimum atomic E-state index is -0.143. The zero-order valence-electron chi connectivity index (χ0n) is 12.2. The fourth-order valence-electron chi connectivity index (χ4n) is 2.52. The molecule has 112 valence electrons. The van der Waals surface area contributed by atoms with Crippen LogP contribution >= 0.6 is 15.9 Å². The topological polar surface area (TPSA) is 62.7 Å². The van der Waals surface area contributed by atoms with Crippen molar-refractivity contribution in [1.29, 1.82) is 0 Å². The van der Waals surface area contributed by atoms with Crippen LogP contribution in [0.1, 0.15) is 21.7 Å². The number of anilines is 1. The number of nitrogens with zero attached hydrogens (tertiary/aromatic N) is 2. The molecule has 2 aromatic heterocycles. The number of halogens is 1. The van der Waals surface area contributed by atoms with Gasteiger partial charge in [0.25, 0.3) is 5.91 Å². The number of aromatic nitrogens is 3. The smallest absolute Gasteiger partial charge is 0.257 e. The lowest BCUT2D eigenvalue weighted by Gasteiger charge is -2.10. The van der Waals surface area contributed by atoms with Crippen molar-refractivity contribution >= 4 is 27.5 Å². The number of carbonyl (C=O) groups excluding carboxylic acids is 1. The van der Waals surface area contributed by atoms with Gasteiger partial charge in [0, 0.05) is 27.7 Å². The number of aryl methyl sites for hydroxylation is 1. The molecule has 3 aromatic rings. The molecule has 0 saturated carbocycles. The third kappa shape index (κ3) is 2.69. The summed E-state index contributed by atoms with van der Waals surface area (Å²) in [5, 5.41) is 9.32. The monoisotopic (exact) mass is 358 g/mol. The normalized spacial score (nSPS) is 10.7. The molecule has 22 heavy (non-hydrogen) atoms. The summed E-state index contributed by atoms with van der Waals surface area (Å²) in [6.45, 7) is 3.93. The molecule has 0 atom stereocenters. The fraction of sp³-hybridized carbons (Fsp3) is 0.125. The van der Waals surface area contributed by atoms with Crippen LogP contribution in [-0.4, -0.2) is 20.7 Å². The quantitative estimate of drug-likeness (QED) is 0.747. The first-order chi connectivity index (χ1) is 10.6. The molecule has 0 aliphatic heterocycles. The number of amides is 1. The summed E-state index contributed by atoms with van der Waals surface area (Å²) < 4.78 is 3.07. The molecule has 0 saturated heterocycles. The van der Waals surface area contributed by atoms with Crippen LogP contribution in [0, 0.1) is 13.8 Å². The van der Waals surface area contributed by atoms with E-state index in [2.05, 4.69) is 36.0 Å². The molecule has 0 radical (unpaired) electrons. The van der Waals surface area contributed by atoms with Crippen LogP contribution in [0.5, 0.6) is 0 Å². The number of hydrogen-bond donors (Lipinski definition) is 2. The van der Waals surface area contributed by atoms with Crippen LogP contribution in [-0.2, 0) is 0 Å². The fourth-order valence-corrected chi connectivity index (χ4v) is 2.91. The predicted octanol–water partition coefficient (Wildman–Crippen LogP) is 3.83. The number of carbonyl (C=O) groups is 1. The molecular weight excluding hydrogens is 344 g/mol. The Kier molecular flexibility index (Phi) is 3.85. The van der Waals surface area contributed by atoms with Crippen molar-refractivity contribution < 1.29 is 4.79 Å². The van der Waals surface area contributed by atoms with Gasteiger partial charge in [0.15, 0.2) is 0 Å². The number of H-pyrrole nitrogens is 1. The summed E-state index contributed by atoms with van der Waals surface area (Å²) in [6.07, 6.45) is 3.22. The Morgan fingerprint density at radius 2 is 2.14 bits per heavy atom. The van der Waals surface area contributed by atoms with Gasteiger partial charge in [-0.3, -0.25) is 9.89 Å². The van der Waals surface area contributed by atoms with Gasteiger partial charge in [-0.1, -0.05) is 22.0 Å². The van der Waals surface area contributed by atoms with Gasteiger partial charge in [0.05, 0.1) is 17.4 Å². The van der Waals surface area contributed by atoms with E-state index < -0.39 is 0 Å². The van der Waals surface area contributed by atoms with E-state index in [1.54, 1.807) is 12.4 Å². The summed E-state index contributed by atoms with van der Waals surface area (Å²) in [4.78, 5) is 12.4. The molecule has 0 aliphatic carbocycles. The average Bonchev–Trinajstić information content (AvgIpc) is 3.07. The molecule has 0 spiro atoms. The van der Waals surface area contributed by atoms with Crippen molar-refractivity contribution in [2.75, 3.05) is 5.32 Å². The van der Waals surface area contributed by atoms with Gasteiger partial charge < -0.3 is 9.88 Å². The Morgan fingerprint density at radius 3 is 2.82 bits per heavy atom. The molecule has 1 aromatic carbocycles. The van der Waals surface area contributed by atoms with E-state index in [1.165, 1.54) is 0 Å². The molecule has 3 rings (SSSR count). The molecule has 0 unspecified atom stereocenters. The first kappa shape index (κ1) is 14.6. The van der Waals surface area contributed by atoms with Crippen LogP contribution in [0.25, 0.3) is 5.69 Å². The molecule has 2 heterocycles. The minimum absolute atomic E-state index is 0.143. The van der Waals surface area contributed by atoms with Crippen LogP contribution in [0.15, 0.2) is 47.2 Å². The summed E-state index contributed by atoms with van der Waals surface area (Å²) in [5.74, 6) is -0.143. The number of benzene rings is 1. The lowest BCUT2D eigenvalue weighted by molar-refractivity contribution is 0.102. The van der Waals surface area contributed by atoms with Crippen molar-refractivity contribution in [3.05, 3.63) is 64.1 Å². The van der Waals surface area contributed by atoms with Crippen molar-refractivity contribution in [2.45, 2.75) is 13.8 Å². The molecule has 5 nitrogen and oxygen atoms in total. The highest BCUT2D eigenvalue weighted by Crippen LogP contribution is 2.23. The molecule has 0 bridgehead atoms. The van der Waals surface area contributed by atoms with E-state index in [0.717, 1.165) is 21.5 Å². The highest BCUT2D eigenvalue weighted by molar-refractivity contribution is 9.10. The maximum absolute atomic E-state index is 12.4. The van der Waals surface area contributed by atoms with E-state index in [9.17, 15) is 4.79 Å². The van der Waals surface area contributed by atoms with Crippen LogP contribution in [0.3, 0.4) is 0 Å². The maximum Gasteiger partial charge on any atom is 0.257 e. The highest BCUT2D eigenvalue weighted by Gasteiger charge is 2.17. The second-order valence-corrected chi connectivity index (χ2v) is 5.96. The minimum Gasteiger partial charge on any atom is -0.319 e. The average molecular weight is 359 g/mol. The number of nitrogens with one attached hydrogen (secondary N) is 2. The summed E-state index contributed by atoms with van der Waals surface area (Å²) in [7, 11) is 0. The third-order valence-corrected chi connectivity index (χ3v) is 3.99. The van der Waals surface area contributed by atoms with Crippen molar-refractivity contribution in [1.82, 2.24) is 14.8 Å². The standard InChI is InChI=1S/C16H15BrN4O/c1-10-6-15(16(22)20-13-8-18-19-9-13)11(2)21(10)14-5-3-4-12(17)7-14/h3-9H,1-2H3,(H,18,19)(H,20,22). The molecular formula is C16H15BrN4O. The van der Waals surface area contributed by atoms with Crippen molar-refractivity contribution in [3.63, 3.8) is 0 Å². The highest BCUT2D eigenvalue weighted by atomic mass is 79.9. The van der Waals surface area contributed by atoms with Gasteiger partial charge in [0.1, 0.15) is 0 Å². The van der Waals surface area contributed by atoms with E-state index in [4.69, 9.17) is 0 Å². The molecule has 0 fully saturated rings. The lowest BCUT2D eigenvalue weighted by Crippen LogP contribution is -2.12. The van der Waals surface area contributed by atoms with Crippen LogP contribution in [0.4, 0.5) is 5.69 Å². The lowest BCUT2D eigenvalue weighted by atomic mass is 10.2. The Bertz CT molecular complexity index is 821. The van der Waals surface area contributed by atoms with Gasteiger partial charge in [-0.15, -0.1) is 0 Å². The Hall–Kier alpha value is -2.34. The number of aromatic amines is 1. The summed E-state index contributed by atoms with van der Waals surface area (Å²) in [5.41, 5.74) is 4.23. The third-order valence-electron chi connectivity index (χ3n) is 3.50. The SMILES string of the molecule is Cc1cc(C(=O)Nc2cn[nH]c2)c(C)n1-c1cccc(Br)c1. The number of hydrogen-bond acceptors (Lipinski definition) is 2. The van der Waals surface area contributed by atoms with Crippen LogP contribution in [0.2, 0.25) is 0 Å². The van der Waals surface area contributed by atoms with Gasteiger partial charge in [-0.05, 0) is 38.1 Å². The second kappa shape index (κ2) is 5.81.